The number of nitrogens with zero attached hydrogens (tertiary/aromatic N) is 1. The number of nitrogens with two attached hydrogens (primary N) is 1. The lowest BCUT2D eigenvalue weighted by molar-refractivity contribution is -0.119. The van der Waals surface area contributed by atoms with Gasteiger partial charge in [0.2, 0.25) is 5.91 Å². The van der Waals surface area contributed by atoms with Crippen molar-refractivity contribution in [1.29, 1.82) is 0 Å². The number of hydrogen-bond acceptors (Lipinski definition) is 4. The second-order valence-corrected chi connectivity index (χ2v) is 10.8. The topological polar surface area (TPSA) is 77.2 Å². The van der Waals surface area contributed by atoms with Crippen molar-refractivity contribution < 1.29 is 9.53 Å². The first kappa shape index (κ1) is 31.8. The van der Waals surface area contributed by atoms with Crippen LogP contribution in [-0.2, 0) is 11.4 Å². The number of carbonyl (C=O) groups is 1. The van der Waals surface area contributed by atoms with E-state index in [1.165, 1.54) is 83.5 Å². The number of hydrogen-bond donors (Lipinski definition) is 2. The molecule has 0 fully saturated rings. The maximum Gasteiger partial charge on any atom is 0.234 e. The van der Waals surface area contributed by atoms with Gasteiger partial charge in [0.25, 0.3) is 0 Å². The monoisotopic (exact) mass is 523 g/mol. The molecule has 1 aromatic carbocycles. The number of carbonyl (C=O) groups excluding carboxylic acids is 1. The molecule has 2 rings (SSSR count). The fourth-order valence-electron chi connectivity index (χ4n) is 4.88. The van der Waals surface area contributed by atoms with Crippen molar-refractivity contribution in [3.63, 3.8) is 0 Å². The molecule has 0 radical (unpaired) electrons. The number of benzene rings is 1. The van der Waals surface area contributed by atoms with E-state index in [2.05, 4.69) is 30.4 Å². The minimum absolute atomic E-state index is 0.309. The summed E-state index contributed by atoms with van der Waals surface area (Å²) in [7, 11) is 0. The van der Waals surface area contributed by atoms with Gasteiger partial charge in [-0.3, -0.25) is 9.78 Å². The van der Waals surface area contributed by atoms with Crippen molar-refractivity contribution in [3.05, 3.63) is 59.9 Å². The second kappa shape index (κ2) is 20.5. The van der Waals surface area contributed by atoms with Crippen LogP contribution in [0.1, 0.15) is 127 Å². The van der Waals surface area contributed by atoms with E-state index in [-0.39, 0.29) is 11.9 Å². The number of primary amides is 1. The molecule has 0 aliphatic rings. The molecule has 1 amide bonds. The Morgan fingerprint density at radius 1 is 0.842 bits per heavy atom. The summed E-state index contributed by atoms with van der Waals surface area (Å²) in [5, 5.41) is 3.25. The number of ether oxygens (including phenoxy) is 1. The lowest BCUT2D eigenvalue weighted by atomic mass is 9.93. The zero-order chi connectivity index (χ0) is 27.3. The first-order chi connectivity index (χ1) is 18.6. The van der Waals surface area contributed by atoms with Crippen LogP contribution in [0.15, 0.2) is 48.7 Å². The van der Waals surface area contributed by atoms with Crippen molar-refractivity contribution in [2.75, 3.05) is 6.54 Å². The molecule has 0 saturated heterocycles. The SMILES string of the molecule is CCCCCCCCCCCCCCCC(CCN[C@@H](C)C(N)=O)c1ccc(OCc2ccccc2)cn1. The number of unbranched alkanes of at least 4 members (excludes halogenated alkanes) is 12. The first-order valence-corrected chi connectivity index (χ1v) is 15.3. The molecular formula is C33H53N3O2. The van der Waals surface area contributed by atoms with Gasteiger partial charge in [0.05, 0.1) is 12.2 Å². The van der Waals surface area contributed by atoms with Crippen LogP contribution in [0.25, 0.3) is 0 Å². The Balaban J connectivity index is 1.70. The average molecular weight is 524 g/mol. The van der Waals surface area contributed by atoms with Crippen LogP contribution < -0.4 is 15.8 Å². The largest absolute Gasteiger partial charge is 0.487 e. The highest BCUT2D eigenvalue weighted by Crippen LogP contribution is 2.26. The molecule has 1 aromatic heterocycles. The van der Waals surface area contributed by atoms with E-state index < -0.39 is 0 Å². The fraction of sp³-hybridized carbons (Fsp3) is 0.636. The number of aromatic nitrogens is 1. The third-order valence-electron chi connectivity index (χ3n) is 7.45. The van der Waals surface area contributed by atoms with Gasteiger partial charge >= 0.3 is 0 Å². The molecule has 5 nitrogen and oxygen atoms in total. The van der Waals surface area contributed by atoms with Crippen LogP contribution in [0.4, 0.5) is 0 Å². The molecule has 0 saturated carbocycles. The minimum Gasteiger partial charge on any atom is -0.487 e. The third kappa shape index (κ3) is 14.5. The highest BCUT2D eigenvalue weighted by Gasteiger charge is 2.15. The minimum atomic E-state index is -0.311. The Labute approximate surface area is 232 Å². The van der Waals surface area contributed by atoms with E-state index in [1.54, 1.807) is 0 Å². The van der Waals surface area contributed by atoms with Crippen LogP contribution in [0.3, 0.4) is 0 Å². The molecule has 38 heavy (non-hydrogen) atoms. The predicted molar refractivity (Wildman–Crippen MR) is 159 cm³/mol. The Morgan fingerprint density at radius 2 is 1.45 bits per heavy atom. The van der Waals surface area contributed by atoms with E-state index in [4.69, 9.17) is 15.5 Å². The molecule has 212 valence electrons. The molecule has 3 N–H and O–H groups in total. The van der Waals surface area contributed by atoms with Crippen LogP contribution in [0, 0.1) is 0 Å². The van der Waals surface area contributed by atoms with Crippen LogP contribution in [0.2, 0.25) is 0 Å². The van der Waals surface area contributed by atoms with Crippen molar-refractivity contribution in [2.45, 2.75) is 129 Å². The van der Waals surface area contributed by atoms with Gasteiger partial charge in [0, 0.05) is 11.6 Å². The van der Waals surface area contributed by atoms with E-state index >= 15 is 0 Å². The van der Waals surface area contributed by atoms with Gasteiger partial charge in [0.15, 0.2) is 0 Å². The van der Waals surface area contributed by atoms with Gasteiger partial charge in [-0.15, -0.1) is 0 Å². The van der Waals surface area contributed by atoms with Crippen molar-refractivity contribution in [2.24, 2.45) is 5.73 Å². The lowest BCUT2D eigenvalue weighted by Gasteiger charge is -2.18. The highest BCUT2D eigenvalue weighted by molar-refractivity contribution is 5.79. The molecule has 0 spiro atoms. The predicted octanol–water partition coefficient (Wildman–Crippen LogP) is 8.08. The maximum atomic E-state index is 11.4. The summed E-state index contributed by atoms with van der Waals surface area (Å²) >= 11 is 0. The normalized spacial score (nSPS) is 12.8. The zero-order valence-corrected chi connectivity index (χ0v) is 24.1. The average Bonchev–Trinajstić information content (AvgIpc) is 2.94. The Bertz CT molecular complexity index is 841. The van der Waals surface area contributed by atoms with E-state index in [0.29, 0.717) is 12.5 Å². The van der Waals surface area contributed by atoms with Crippen LogP contribution in [-0.4, -0.2) is 23.5 Å². The fourth-order valence-corrected chi connectivity index (χ4v) is 4.88. The summed E-state index contributed by atoms with van der Waals surface area (Å²) in [5.74, 6) is 0.840. The quantitative estimate of drug-likeness (QED) is 0.144. The summed E-state index contributed by atoms with van der Waals surface area (Å²) in [6, 6.07) is 14.0. The second-order valence-electron chi connectivity index (χ2n) is 10.8. The Hall–Kier alpha value is -2.40. The lowest BCUT2D eigenvalue weighted by Crippen LogP contribution is -2.39. The first-order valence-electron chi connectivity index (χ1n) is 15.3. The molecule has 1 heterocycles. The molecule has 5 heteroatoms. The summed E-state index contributed by atoms with van der Waals surface area (Å²) in [4.78, 5) is 16.1. The van der Waals surface area contributed by atoms with Gasteiger partial charge in [-0.05, 0) is 44.0 Å². The maximum absolute atomic E-state index is 11.4. The summed E-state index contributed by atoms with van der Waals surface area (Å²) in [6.45, 7) is 5.39. The summed E-state index contributed by atoms with van der Waals surface area (Å²) < 4.78 is 5.92. The van der Waals surface area contributed by atoms with Crippen LogP contribution in [0.5, 0.6) is 5.75 Å². The van der Waals surface area contributed by atoms with Gasteiger partial charge in [-0.25, -0.2) is 0 Å². The summed E-state index contributed by atoms with van der Waals surface area (Å²) in [6.07, 6.45) is 21.6. The molecule has 2 atom stereocenters. The van der Waals surface area contributed by atoms with E-state index in [0.717, 1.165) is 36.4 Å². The van der Waals surface area contributed by atoms with Gasteiger partial charge in [0.1, 0.15) is 12.4 Å². The molecule has 2 aromatic rings. The molecule has 0 aliphatic heterocycles. The molecule has 0 bridgehead atoms. The smallest absolute Gasteiger partial charge is 0.234 e. The van der Waals surface area contributed by atoms with Gasteiger partial charge < -0.3 is 15.8 Å². The Morgan fingerprint density at radius 3 is 2.00 bits per heavy atom. The van der Waals surface area contributed by atoms with Gasteiger partial charge in [-0.1, -0.05) is 121 Å². The van der Waals surface area contributed by atoms with Crippen molar-refractivity contribution in [1.82, 2.24) is 10.3 Å². The van der Waals surface area contributed by atoms with E-state index in [9.17, 15) is 4.79 Å². The van der Waals surface area contributed by atoms with Crippen LogP contribution >= 0.6 is 0 Å². The molecule has 0 aliphatic carbocycles. The van der Waals surface area contributed by atoms with Gasteiger partial charge in [-0.2, -0.15) is 0 Å². The molecule has 1 unspecified atom stereocenters. The van der Waals surface area contributed by atoms with E-state index in [1.807, 2.05) is 37.4 Å². The molecular weight excluding hydrogens is 470 g/mol. The number of pyridine rings is 1. The van der Waals surface area contributed by atoms with Crippen molar-refractivity contribution in [3.8, 4) is 5.75 Å². The number of rotatable bonds is 23. The Kier molecular flexibility index (Phi) is 17.2. The summed E-state index contributed by atoms with van der Waals surface area (Å²) in [5.41, 5.74) is 7.66. The highest BCUT2D eigenvalue weighted by atomic mass is 16.5. The number of nitrogens with one attached hydrogen (secondary N) is 1. The van der Waals surface area contributed by atoms with Crippen molar-refractivity contribution >= 4 is 5.91 Å². The zero-order valence-electron chi connectivity index (χ0n) is 24.1. The number of amides is 1. The third-order valence-corrected chi connectivity index (χ3v) is 7.45. The standard InChI is InChI=1S/C33H53N3O2/c1-3-4-5-6-7-8-9-10-11-12-13-14-18-21-30(24-25-35-28(2)33(34)37)32-23-22-31(26-36-32)38-27-29-19-16-15-17-20-29/h15-17,19-20,22-23,26,28,30,35H,3-14,18,21,24-25,27H2,1-2H3,(H2,34,37)/t28-,30?/m0/s1.